The Hall–Kier alpha value is -2.73. The second-order valence-corrected chi connectivity index (χ2v) is 8.61. The molecule has 2 heterocycles. The number of thiophene rings is 1. The van der Waals surface area contributed by atoms with Crippen LogP contribution in [0.5, 0.6) is 0 Å². The van der Waals surface area contributed by atoms with Gasteiger partial charge in [-0.3, -0.25) is 0 Å². The molecule has 0 bridgehead atoms. The fourth-order valence-corrected chi connectivity index (χ4v) is 4.83. The van der Waals surface area contributed by atoms with Crippen LogP contribution in [0, 0.1) is 5.82 Å². The van der Waals surface area contributed by atoms with Crippen LogP contribution >= 0.6 is 11.3 Å². The first-order valence-electron chi connectivity index (χ1n) is 8.13. The van der Waals surface area contributed by atoms with Crippen molar-refractivity contribution in [3.8, 4) is 11.4 Å². The van der Waals surface area contributed by atoms with E-state index in [9.17, 15) is 17.9 Å². The summed E-state index contributed by atoms with van der Waals surface area (Å²) in [5, 5.41) is 26.0. The third-order valence-electron chi connectivity index (χ3n) is 4.17. The quantitative estimate of drug-likeness (QED) is 0.441. The van der Waals surface area contributed by atoms with Gasteiger partial charge in [0.1, 0.15) is 5.82 Å². The molecular weight excluding hydrogens is 405 g/mol. The van der Waals surface area contributed by atoms with Crippen molar-refractivity contribution in [2.45, 2.75) is 11.0 Å². The zero-order valence-electron chi connectivity index (χ0n) is 14.2. The number of benzene rings is 2. The van der Waals surface area contributed by atoms with Crippen molar-refractivity contribution in [2.75, 3.05) is 6.54 Å². The second kappa shape index (κ2) is 7.36. The van der Waals surface area contributed by atoms with Crippen LogP contribution in [0.1, 0.15) is 11.7 Å². The van der Waals surface area contributed by atoms with Gasteiger partial charge in [0.05, 0.1) is 16.6 Å². The van der Waals surface area contributed by atoms with Gasteiger partial charge in [0.2, 0.25) is 15.8 Å². The van der Waals surface area contributed by atoms with Gasteiger partial charge < -0.3 is 5.11 Å². The van der Waals surface area contributed by atoms with E-state index in [1.807, 2.05) is 24.3 Å². The summed E-state index contributed by atoms with van der Waals surface area (Å²) < 4.78 is 42.5. The molecule has 4 aromatic rings. The highest BCUT2D eigenvalue weighted by molar-refractivity contribution is 7.89. The normalized spacial score (nSPS) is 13.1. The molecule has 2 aromatic carbocycles. The van der Waals surface area contributed by atoms with Gasteiger partial charge in [-0.2, -0.15) is 5.21 Å². The highest BCUT2D eigenvalue weighted by Crippen LogP contribution is 2.30. The maximum absolute atomic E-state index is 14.0. The number of aliphatic hydroxyl groups is 1. The third kappa shape index (κ3) is 3.52. The van der Waals surface area contributed by atoms with E-state index < -0.39 is 21.9 Å². The molecule has 0 aliphatic heterocycles. The summed E-state index contributed by atoms with van der Waals surface area (Å²) in [4.78, 5) is -0.170. The van der Waals surface area contributed by atoms with Crippen molar-refractivity contribution in [1.29, 1.82) is 0 Å². The molecule has 0 fully saturated rings. The number of sulfonamides is 1. The van der Waals surface area contributed by atoms with Crippen LogP contribution in [0.3, 0.4) is 0 Å². The predicted octanol–water partition coefficient (Wildman–Crippen LogP) is 2.23. The van der Waals surface area contributed by atoms with E-state index in [2.05, 4.69) is 25.3 Å². The molecule has 28 heavy (non-hydrogen) atoms. The Kier molecular flexibility index (Phi) is 4.89. The van der Waals surface area contributed by atoms with Gasteiger partial charge in [0, 0.05) is 16.8 Å². The summed E-state index contributed by atoms with van der Waals surface area (Å²) in [5.41, 5.74) is 0.552. The lowest BCUT2D eigenvalue weighted by atomic mass is 10.1. The fraction of sp³-hybridized carbons (Fsp3) is 0.118. The summed E-state index contributed by atoms with van der Waals surface area (Å²) in [6.45, 7) is -0.224. The molecule has 0 amide bonds. The van der Waals surface area contributed by atoms with Crippen molar-refractivity contribution in [3.63, 3.8) is 0 Å². The van der Waals surface area contributed by atoms with Gasteiger partial charge in [-0.05, 0) is 40.2 Å². The van der Waals surface area contributed by atoms with Crippen molar-refractivity contribution in [2.24, 2.45) is 0 Å². The van der Waals surface area contributed by atoms with Gasteiger partial charge in [0.15, 0.2) is 0 Å². The molecule has 0 radical (unpaired) electrons. The van der Waals surface area contributed by atoms with Gasteiger partial charge >= 0.3 is 0 Å². The number of rotatable bonds is 6. The van der Waals surface area contributed by atoms with E-state index in [1.54, 1.807) is 5.38 Å². The molecule has 0 spiro atoms. The molecule has 0 aliphatic carbocycles. The van der Waals surface area contributed by atoms with Crippen molar-refractivity contribution >= 4 is 31.4 Å². The second-order valence-electron chi connectivity index (χ2n) is 5.93. The van der Waals surface area contributed by atoms with Crippen LogP contribution in [0.15, 0.2) is 52.7 Å². The average molecular weight is 419 g/mol. The Morgan fingerprint density at radius 1 is 1.25 bits per heavy atom. The monoisotopic (exact) mass is 419 g/mol. The van der Waals surface area contributed by atoms with Crippen LogP contribution in [0.25, 0.3) is 21.5 Å². The molecule has 1 atom stereocenters. The van der Waals surface area contributed by atoms with Gasteiger partial charge in [0.25, 0.3) is 0 Å². The predicted molar refractivity (Wildman–Crippen MR) is 102 cm³/mol. The van der Waals surface area contributed by atoms with Crippen LogP contribution in [0.4, 0.5) is 4.39 Å². The summed E-state index contributed by atoms with van der Waals surface area (Å²) >= 11 is 1.47. The van der Waals surface area contributed by atoms with E-state index in [1.165, 1.54) is 11.3 Å². The lowest BCUT2D eigenvalue weighted by Crippen LogP contribution is -2.28. The SMILES string of the molecule is O=S(=O)(NC[C@@H](O)c1csc2ccccc12)c1ccc(F)c(-c2nn[nH]n2)c1. The van der Waals surface area contributed by atoms with E-state index in [4.69, 9.17) is 0 Å². The average Bonchev–Trinajstić information content (AvgIpc) is 3.36. The van der Waals surface area contributed by atoms with Crippen LogP contribution in [-0.4, -0.2) is 40.7 Å². The standard InChI is InChI=1S/C17H14FN5O3S2/c18-14-6-5-10(7-12(14)17-20-22-23-21-17)28(25,26)19-8-15(24)13-9-27-16-4-2-1-3-11(13)16/h1-7,9,15,19,24H,8H2,(H,20,21,22,23)/t15-/m1/s1. The summed E-state index contributed by atoms with van der Waals surface area (Å²) in [6, 6.07) is 10.8. The number of H-pyrrole nitrogens is 1. The number of halogens is 1. The van der Waals surface area contributed by atoms with E-state index in [-0.39, 0.29) is 22.8 Å². The number of hydrogen-bond acceptors (Lipinski definition) is 7. The molecular formula is C17H14FN5O3S2. The van der Waals surface area contributed by atoms with Gasteiger partial charge in [-0.25, -0.2) is 17.5 Å². The molecule has 3 N–H and O–H groups in total. The Morgan fingerprint density at radius 2 is 2.07 bits per heavy atom. The van der Waals surface area contributed by atoms with Gasteiger partial charge in [-0.1, -0.05) is 18.2 Å². The highest BCUT2D eigenvalue weighted by atomic mass is 32.2. The van der Waals surface area contributed by atoms with Crippen molar-refractivity contribution < 1.29 is 17.9 Å². The molecule has 0 saturated carbocycles. The Balaban J connectivity index is 1.55. The Bertz CT molecular complexity index is 1220. The molecule has 2 aromatic heterocycles. The van der Waals surface area contributed by atoms with E-state index in [0.717, 1.165) is 28.3 Å². The zero-order chi connectivity index (χ0) is 19.7. The van der Waals surface area contributed by atoms with Gasteiger partial charge in [-0.15, -0.1) is 21.5 Å². The lowest BCUT2D eigenvalue weighted by molar-refractivity contribution is 0.184. The fourth-order valence-electron chi connectivity index (χ4n) is 2.76. The van der Waals surface area contributed by atoms with Crippen molar-refractivity contribution in [1.82, 2.24) is 25.3 Å². The number of tetrazole rings is 1. The summed E-state index contributed by atoms with van der Waals surface area (Å²) in [5.74, 6) is -0.732. The zero-order valence-corrected chi connectivity index (χ0v) is 15.8. The maximum Gasteiger partial charge on any atom is 0.240 e. The molecule has 0 saturated heterocycles. The van der Waals surface area contributed by atoms with E-state index in [0.29, 0.717) is 5.56 Å². The summed E-state index contributed by atoms with van der Waals surface area (Å²) in [6.07, 6.45) is -1.02. The number of fused-ring (bicyclic) bond motifs is 1. The topological polar surface area (TPSA) is 121 Å². The number of aromatic nitrogens is 4. The maximum atomic E-state index is 14.0. The Labute approximate surface area is 163 Å². The number of aromatic amines is 1. The number of nitrogens with zero attached hydrogens (tertiary/aromatic N) is 3. The van der Waals surface area contributed by atoms with Crippen molar-refractivity contribution in [3.05, 3.63) is 59.2 Å². The molecule has 144 valence electrons. The van der Waals surface area contributed by atoms with E-state index >= 15 is 0 Å². The molecule has 0 aliphatic rings. The third-order valence-corrected chi connectivity index (χ3v) is 6.57. The minimum Gasteiger partial charge on any atom is -0.387 e. The lowest BCUT2D eigenvalue weighted by Gasteiger charge is -2.12. The number of nitrogens with one attached hydrogen (secondary N) is 2. The molecule has 11 heteroatoms. The minimum absolute atomic E-state index is 0.0562. The first-order valence-corrected chi connectivity index (χ1v) is 10.5. The smallest absolute Gasteiger partial charge is 0.240 e. The summed E-state index contributed by atoms with van der Waals surface area (Å²) in [7, 11) is -3.99. The van der Waals surface area contributed by atoms with Crippen LogP contribution < -0.4 is 4.72 Å². The number of hydrogen-bond donors (Lipinski definition) is 3. The first-order chi connectivity index (χ1) is 13.5. The molecule has 8 nitrogen and oxygen atoms in total. The molecule has 0 unspecified atom stereocenters. The largest absolute Gasteiger partial charge is 0.387 e. The Morgan fingerprint density at radius 3 is 2.86 bits per heavy atom. The van der Waals surface area contributed by atoms with Crippen LogP contribution in [0.2, 0.25) is 0 Å². The highest BCUT2D eigenvalue weighted by Gasteiger charge is 2.21. The minimum atomic E-state index is -3.99. The molecule has 4 rings (SSSR count). The first kappa shape index (κ1) is 18.6. The number of aliphatic hydroxyl groups excluding tert-OH is 1. The van der Waals surface area contributed by atoms with Crippen LogP contribution in [-0.2, 0) is 10.0 Å².